The summed E-state index contributed by atoms with van der Waals surface area (Å²) < 4.78 is 12.4. The fourth-order valence-corrected chi connectivity index (χ4v) is 2.55. The van der Waals surface area contributed by atoms with Gasteiger partial charge in [-0.25, -0.2) is 4.98 Å². The highest BCUT2D eigenvalue weighted by Crippen LogP contribution is 2.28. The zero-order chi connectivity index (χ0) is 17.3. The second-order valence-electron chi connectivity index (χ2n) is 5.84. The second kappa shape index (κ2) is 6.35. The van der Waals surface area contributed by atoms with E-state index in [2.05, 4.69) is 15.0 Å². The van der Waals surface area contributed by atoms with Crippen LogP contribution in [0.25, 0.3) is 11.2 Å². The minimum Gasteiger partial charge on any atom is -0.493 e. The Morgan fingerprint density at radius 1 is 1.21 bits per heavy atom. The van der Waals surface area contributed by atoms with E-state index in [4.69, 9.17) is 9.47 Å². The van der Waals surface area contributed by atoms with Crippen LogP contribution < -0.4 is 15.0 Å². The largest absolute Gasteiger partial charge is 0.493 e. The van der Waals surface area contributed by atoms with E-state index in [-0.39, 0.29) is 11.5 Å². The summed E-state index contributed by atoms with van der Waals surface area (Å²) in [7, 11) is 3.20. The second-order valence-corrected chi connectivity index (χ2v) is 5.84. The van der Waals surface area contributed by atoms with Crippen LogP contribution in [0.1, 0.15) is 31.2 Å². The Labute approximate surface area is 139 Å². The fraction of sp³-hybridized carbons (Fsp3) is 0.353. The number of rotatable bonds is 5. The summed E-state index contributed by atoms with van der Waals surface area (Å²) in [5, 5.41) is 0. The van der Waals surface area contributed by atoms with Crippen LogP contribution >= 0.6 is 0 Å². The summed E-state index contributed by atoms with van der Waals surface area (Å²) in [4.78, 5) is 23.5. The molecule has 0 fully saturated rings. The van der Waals surface area contributed by atoms with Crippen LogP contribution in [0.4, 0.5) is 0 Å². The molecule has 0 amide bonds. The molecule has 0 aliphatic heterocycles. The zero-order valence-corrected chi connectivity index (χ0v) is 14.2. The molecular weight excluding hydrogens is 308 g/mol. The number of aromatic amines is 1. The van der Waals surface area contributed by atoms with Crippen LogP contribution in [0.2, 0.25) is 0 Å². The fourth-order valence-electron chi connectivity index (χ4n) is 2.55. The molecule has 0 atom stereocenters. The predicted octanol–water partition coefficient (Wildman–Crippen LogP) is 2.31. The first kappa shape index (κ1) is 16.0. The van der Waals surface area contributed by atoms with Gasteiger partial charge in [0.05, 0.1) is 20.8 Å². The Morgan fingerprint density at radius 2 is 1.96 bits per heavy atom. The van der Waals surface area contributed by atoms with Crippen molar-refractivity contribution in [1.29, 1.82) is 0 Å². The summed E-state index contributed by atoms with van der Waals surface area (Å²) in [6.45, 7) is 4.56. The van der Waals surface area contributed by atoms with Crippen molar-refractivity contribution in [1.82, 2.24) is 19.5 Å². The van der Waals surface area contributed by atoms with Crippen molar-refractivity contribution in [2.24, 2.45) is 0 Å². The third-order valence-corrected chi connectivity index (χ3v) is 3.85. The number of ether oxygens (including phenoxy) is 2. The van der Waals surface area contributed by atoms with Gasteiger partial charge in [-0.1, -0.05) is 19.9 Å². The first-order valence-corrected chi connectivity index (χ1v) is 7.69. The van der Waals surface area contributed by atoms with Crippen LogP contribution in [0.15, 0.2) is 29.3 Å². The highest BCUT2D eigenvalue weighted by atomic mass is 16.5. The van der Waals surface area contributed by atoms with Crippen LogP contribution in [0, 0.1) is 0 Å². The lowest BCUT2D eigenvalue weighted by Crippen LogP contribution is -2.13. The van der Waals surface area contributed by atoms with Crippen LogP contribution in [-0.4, -0.2) is 33.7 Å². The summed E-state index contributed by atoms with van der Waals surface area (Å²) >= 11 is 0. The van der Waals surface area contributed by atoms with Gasteiger partial charge < -0.3 is 19.0 Å². The molecule has 0 spiro atoms. The van der Waals surface area contributed by atoms with Crippen molar-refractivity contribution in [3.63, 3.8) is 0 Å². The molecule has 1 aromatic carbocycles. The first-order chi connectivity index (χ1) is 11.5. The van der Waals surface area contributed by atoms with Gasteiger partial charge in [0.1, 0.15) is 12.2 Å². The van der Waals surface area contributed by atoms with Crippen LogP contribution in [0.3, 0.4) is 0 Å². The van der Waals surface area contributed by atoms with Crippen molar-refractivity contribution in [2.45, 2.75) is 26.3 Å². The monoisotopic (exact) mass is 328 g/mol. The molecule has 7 heteroatoms. The lowest BCUT2D eigenvalue weighted by molar-refractivity contribution is 0.354. The average Bonchev–Trinajstić information content (AvgIpc) is 3.04. The number of H-pyrrole nitrogens is 1. The SMILES string of the molecule is COc1ccc(Cn2cnc(=O)c3[nH]c(C(C)C)nc32)cc1OC. The molecule has 0 bridgehead atoms. The van der Waals surface area contributed by atoms with Gasteiger partial charge in [-0.05, 0) is 17.7 Å². The summed E-state index contributed by atoms with van der Waals surface area (Å²) in [6.07, 6.45) is 1.52. The maximum atomic E-state index is 12.0. The first-order valence-electron chi connectivity index (χ1n) is 7.69. The van der Waals surface area contributed by atoms with Gasteiger partial charge in [0, 0.05) is 5.92 Å². The smallest absolute Gasteiger partial charge is 0.298 e. The minimum atomic E-state index is -0.298. The number of nitrogens with one attached hydrogen (secondary N) is 1. The van der Waals surface area contributed by atoms with Crippen molar-refractivity contribution < 1.29 is 9.47 Å². The van der Waals surface area contributed by atoms with Crippen molar-refractivity contribution in [3.8, 4) is 11.5 Å². The Kier molecular flexibility index (Phi) is 4.24. The highest BCUT2D eigenvalue weighted by molar-refractivity contribution is 5.70. The average molecular weight is 328 g/mol. The van der Waals surface area contributed by atoms with Crippen molar-refractivity contribution >= 4 is 11.2 Å². The van der Waals surface area contributed by atoms with E-state index in [9.17, 15) is 4.79 Å². The molecule has 0 saturated carbocycles. The molecule has 7 nitrogen and oxygen atoms in total. The topological polar surface area (TPSA) is 82.0 Å². The quantitative estimate of drug-likeness (QED) is 0.777. The molecule has 0 aliphatic carbocycles. The molecule has 24 heavy (non-hydrogen) atoms. The standard InChI is InChI=1S/C17H20N4O3/c1-10(2)15-19-14-16(20-15)21(9-18-17(14)22)8-11-5-6-12(23-3)13(7-11)24-4/h5-7,9-10H,8H2,1-4H3,(H,19,20). The number of fused-ring (bicyclic) bond motifs is 1. The molecule has 3 aromatic rings. The molecular formula is C17H20N4O3. The third kappa shape index (κ3) is 2.84. The van der Waals surface area contributed by atoms with E-state index in [0.29, 0.717) is 29.2 Å². The molecule has 0 unspecified atom stereocenters. The summed E-state index contributed by atoms with van der Waals surface area (Å²) in [6, 6.07) is 5.70. The van der Waals surface area contributed by atoms with Gasteiger partial charge >= 0.3 is 0 Å². The normalized spacial score (nSPS) is 11.2. The molecule has 0 aliphatic rings. The molecule has 2 aromatic heterocycles. The number of nitrogens with zero attached hydrogens (tertiary/aromatic N) is 3. The van der Waals surface area contributed by atoms with E-state index in [1.807, 2.05) is 36.6 Å². The number of hydrogen-bond donors (Lipinski definition) is 1. The highest BCUT2D eigenvalue weighted by Gasteiger charge is 2.13. The molecule has 126 valence electrons. The van der Waals surface area contributed by atoms with Gasteiger partial charge in [0.15, 0.2) is 22.7 Å². The summed E-state index contributed by atoms with van der Waals surface area (Å²) in [5.41, 5.74) is 1.73. The number of benzene rings is 1. The molecule has 1 N–H and O–H groups in total. The van der Waals surface area contributed by atoms with Gasteiger partial charge in [-0.3, -0.25) is 4.79 Å². The molecule has 0 saturated heterocycles. The molecule has 0 radical (unpaired) electrons. The minimum absolute atomic E-state index is 0.200. The lowest BCUT2D eigenvalue weighted by atomic mass is 10.2. The molecule has 2 heterocycles. The molecule has 3 rings (SSSR count). The maximum absolute atomic E-state index is 12.0. The Morgan fingerprint density at radius 3 is 2.62 bits per heavy atom. The summed E-state index contributed by atoms with van der Waals surface area (Å²) in [5.74, 6) is 2.30. The number of methoxy groups -OCH3 is 2. The van der Waals surface area contributed by atoms with Gasteiger partial charge in [0.2, 0.25) is 0 Å². The Hall–Kier alpha value is -2.83. The van der Waals surface area contributed by atoms with Gasteiger partial charge in [0.25, 0.3) is 5.56 Å². The van der Waals surface area contributed by atoms with E-state index >= 15 is 0 Å². The van der Waals surface area contributed by atoms with E-state index in [1.165, 1.54) is 6.33 Å². The Bertz CT molecular complexity index is 927. The lowest BCUT2D eigenvalue weighted by Gasteiger charge is -2.11. The Balaban J connectivity index is 2.04. The van der Waals surface area contributed by atoms with Gasteiger partial charge in [-0.2, -0.15) is 4.98 Å². The number of hydrogen-bond acceptors (Lipinski definition) is 5. The van der Waals surface area contributed by atoms with E-state index in [0.717, 1.165) is 11.4 Å². The number of imidazole rings is 1. The van der Waals surface area contributed by atoms with Gasteiger partial charge in [-0.15, -0.1) is 0 Å². The zero-order valence-electron chi connectivity index (χ0n) is 14.2. The maximum Gasteiger partial charge on any atom is 0.298 e. The predicted molar refractivity (Wildman–Crippen MR) is 90.9 cm³/mol. The van der Waals surface area contributed by atoms with Crippen LogP contribution in [-0.2, 0) is 6.54 Å². The van der Waals surface area contributed by atoms with Crippen molar-refractivity contribution in [2.75, 3.05) is 14.2 Å². The van der Waals surface area contributed by atoms with E-state index < -0.39 is 0 Å². The number of aromatic nitrogens is 4. The third-order valence-electron chi connectivity index (χ3n) is 3.85. The van der Waals surface area contributed by atoms with E-state index in [1.54, 1.807) is 14.2 Å². The van der Waals surface area contributed by atoms with Crippen molar-refractivity contribution in [3.05, 3.63) is 46.3 Å². The van der Waals surface area contributed by atoms with Crippen LogP contribution in [0.5, 0.6) is 11.5 Å².